The fourth-order valence-corrected chi connectivity index (χ4v) is 3.53. The molecule has 6 heteroatoms. The summed E-state index contributed by atoms with van der Waals surface area (Å²) in [5.41, 5.74) is 1.25. The number of hydrogen-bond donors (Lipinski definition) is 1. The Labute approximate surface area is 135 Å². The maximum atomic E-state index is 12.5. The van der Waals surface area contributed by atoms with Crippen LogP contribution in [0.2, 0.25) is 0 Å². The van der Waals surface area contributed by atoms with Crippen molar-refractivity contribution in [2.24, 2.45) is 0 Å². The predicted molar refractivity (Wildman–Crippen MR) is 89.3 cm³/mol. The van der Waals surface area contributed by atoms with Crippen LogP contribution in [0, 0.1) is 6.92 Å². The summed E-state index contributed by atoms with van der Waals surface area (Å²) in [4.78, 5) is 33.7. The van der Waals surface area contributed by atoms with Gasteiger partial charge in [0.05, 0.1) is 0 Å². The first-order valence-electron chi connectivity index (χ1n) is 8.00. The van der Waals surface area contributed by atoms with Gasteiger partial charge < -0.3 is 9.88 Å². The number of carbonyl (C=O) groups is 1. The molecule has 1 atom stereocenters. The van der Waals surface area contributed by atoms with Crippen molar-refractivity contribution in [2.75, 3.05) is 12.8 Å². The largest absolute Gasteiger partial charge is 0.340 e. The molecular formula is C16H25N3O2S. The monoisotopic (exact) mass is 323 g/mol. The Hall–Kier alpha value is -1.30. The first-order chi connectivity index (χ1) is 10.6. The molecule has 0 saturated carbocycles. The van der Waals surface area contributed by atoms with E-state index >= 15 is 0 Å². The van der Waals surface area contributed by atoms with Crippen LogP contribution in [-0.2, 0) is 11.2 Å². The lowest BCUT2D eigenvalue weighted by atomic mass is 9.99. The number of H-pyrrole nitrogens is 1. The fourth-order valence-electron chi connectivity index (χ4n) is 3.10. The average Bonchev–Trinajstić information content (AvgIpc) is 2.53. The van der Waals surface area contributed by atoms with Gasteiger partial charge in [-0.3, -0.25) is 9.59 Å². The highest BCUT2D eigenvalue weighted by atomic mass is 32.2. The lowest BCUT2D eigenvalue weighted by Gasteiger charge is -2.35. The summed E-state index contributed by atoms with van der Waals surface area (Å²) < 4.78 is 0. The second-order valence-electron chi connectivity index (χ2n) is 5.78. The summed E-state index contributed by atoms with van der Waals surface area (Å²) in [7, 11) is 0. The first-order valence-corrected chi connectivity index (χ1v) is 9.22. The van der Waals surface area contributed by atoms with Gasteiger partial charge in [-0.2, -0.15) is 0 Å². The predicted octanol–water partition coefficient (Wildman–Crippen LogP) is 2.52. The fraction of sp³-hybridized carbons (Fsp3) is 0.688. The van der Waals surface area contributed by atoms with Gasteiger partial charge >= 0.3 is 0 Å². The van der Waals surface area contributed by atoms with Crippen LogP contribution >= 0.6 is 11.8 Å². The minimum Gasteiger partial charge on any atom is -0.340 e. The standard InChI is InChI=1S/C16H25N3O2S/c1-4-12-7-5-6-10-19(12)14(20)9-8-13-11(2)17-16(22-3)18-15(13)21/h12H,4-10H2,1-3H3,(H,17,18,21)/t12-/m0/s1. The number of nitrogens with zero attached hydrogens (tertiary/aromatic N) is 2. The van der Waals surface area contributed by atoms with Crippen molar-refractivity contribution in [3.05, 3.63) is 21.6 Å². The van der Waals surface area contributed by atoms with E-state index in [2.05, 4.69) is 16.9 Å². The molecule has 2 heterocycles. The van der Waals surface area contributed by atoms with E-state index in [1.807, 2.05) is 18.1 Å². The van der Waals surface area contributed by atoms with E-state index in [9.17, 15) is 9.59 Å². The summed E-state index contributed by atoms with van der Waals surface area (Å²) in [6.07, 6.45) is 7.14. The van der Waals surface area contributed by atoms with Crippen molar-refractivity contribution in [2.45, 2.75) is 63.6 Å². The second kappa shape index (κ2) is 7.81. The van der Waals surface area contributed by atoms with E-state index in [0.717, 1.165) is 31.5 Å². The lowest BCUT2D eigenvalue weighted by Crippen LogP contribution is -2.43. The van der Waals surface area contributed by atoms with Crippen LogP contribution < -0.4 is 5.56 Å². The van der Waals surface area contributed by atoms with Crippen LogP contribution in [0.4, 0.5) is 0 Å². The first kappa shape index (κ1) is 17.1. The number of amides is 1. The molecular weight excluding hydrogens is 298 g/mol. The summed E-state index contributed by atoms with van der Waals surface area (Å²) in [6, 6.07) is 0.373. The van der Waals surface area contributed by atoms with E-state index in [0.29, 0.717) is 29.6 Å². The number of likely N-dealkylation sites (tertiary alicyclic amines) is 1. The highest BCUT2D eigenvalue weighted by molar-refractivity contribution is 7.98. The summed E-state index contributed by atoms with van der Waals surface area (Å²) in [5.74, 6) is 0.166. The third-order valence-corrected chi connectivity index (χ3v) is 4.98. The minimum absolute atomic E-state index is 0.115. The third-order valence-electron chi connectivity index (χ3n) is 4.40. The average molecular weight is 323 g/mol. The van der Waals surface area contributed by atoms with Crippen LogP contribution in [0.25, 0.3) is 0 Å². The van der Waals surface area contributed by atoms with E-state index in [1.165, 1.54) is 18.2 Å². The highest BCUT2D eigenvalue weighted by Crippen LogP contribution is 2.20. The van der Waals surface area contributed by atoms with Crippen LogP contribution in [-0.4, -0.2) is 39.6 Å². The lowest BCUT2D eigenvalue weighted by molar-refractivity contribution is -0.134. The van der Waals surface area contributed by atoms with Gasteiger partial charge in [-0.15, -0.1) is 0 Å². The summed E-state index contributed by atoms with van der Waals surface area (Å²) in [6.45, 7) is 4.83. The maximum absolute atomic E-state index is 12.5. The summed E-state index contributed by atoms with van der Waals surface area (Å²) >= 11 is 1.41. The molecule has 1 aliphatic heterocycles. The van der Waals surface area contributed by atoms with Crippen LogP contribution in [0.5, 0.6) is 0 Å². The molecule has 1 saturated heterocycles. The van der Waals surface area contributed by atoms with E-state index in [4.69, 9.17) is 0 Å². The molecule has 1 N–H and O–H groups in total. The van der Waals surface area contributed by atoms with Gasteiger partial charge in [0, 0.05) is 30.3 Å². The van der Waals surface area contributed by atoms with Crippen molar-refractivity contribution in [3.63, 3.8) is 0 Å². The molecule has 0 aliphatic carbocycles. The van der Waals surface area contributed by atoms with Gasteiger partial charge in [-0.25, -0.2) is 4.98 Å². The smallest absolute Gasteiger partial charge is 0.254 e. The molecule has 22 heavy (non-hydrogen) atoms. The number of rotatable bonds is 5. The number of hydrogen-bond acceptors (Lipinski definition) is 4. The Morgan fingerprint density at radius 2 is 2.23 bits per heavy atom. The quantitative estimate of drug-likeness (QED) is 0.668. The zero-order valence-electron chi connectivity index (χ0n) is 13.6. The Morgan fingerprint density at radius 3 is 2.86 bits per heavy atom. The van der Waals surface area contributed by atoms with Gasteiger partial charge in [-0.1, -0.05) is 18.7 Å². The SMILES string of the molecule is CC[C@H]1CCCCN1C(=O)CCc1c(C)nc(SC)[nH]c1=O. The highest BCUT2D eigenvalue weighted by Gasteiger charge is 2.25. The molecule has 0 radical (unpaired) electrons. The normalized spacial score (nSPS) is 18.5. The maximum Gasteiger partial charge on any atom is 0.254 e. The van der Waals surface area contributed by atoms with E-state index in [1.54, 1.807) is 0 Å². The molecule has 5 nitrogen and oxygen atoms in total. The number of piperidine rings is 1. The number of aryl methyl sites for hydroxylation is 1. The molecule has 1 aliphatic rings. The molecule has 0 spiro atoms. The van der Waals surface area contributed by atoms with Gasteiger partial charge in [0.1, 0.15) is 0 Å². The summed E-state index contributed by atoms with van der Waals surface area (Å²) in [5, 5.41) is 0.625. The molecule has 1 aromatic rings. The molecule has 122 valence electrons. The molecule has 0 aromatic carbocycles. The third kappa shape index (κ3) is 3.91. The Bertz CT molecular complexity index is 585. The van der Waals surface area contributed by atoms with Gasteiger partial charge in [0.2, 0.25) is 5.91 Å². The zero-order chi connectivity index (χ0) is 16.1. The Kier molecular flexibility index (Phi) is 6.06. The number of carbonyl (C=O) groups excluding carboxylic acids is 1. The zero-order valence-corrected chi connectivity index (χ0v) is 14.5. The number of nitrogens with one attached hydrogen (secondary N) is 1. The molecule has 2 rings (SSSR count). The second-order valence-corrected chi connectivity index (χ2v) is 6.58. The minimum atomic E-state index is -0.115. The Balaban J connectivity index is 2.03. The van der Waals surface area contributed by atoms with Crippen molar-refractivity contribution >= 4 is 17.7 Å². The topological polar surface area (TPSA) is 66.1 Å². The molecule has 1 aromatic heterocycles. The molecule has 0 bridgehead atoms. The molecule has 0 unspecified atom stereocenters. The number of aromatic amines is 1. The Morgan fingerprint density at radius 1 is 1.45 bits per heavy atom. The number of aromatic nitrogens is 2. The van der Waals surface area contributed by atoms with Crippen molar-refractivity contribution < 1.29 is 4.79 Å². The van der Waals surface area contributed by atoms with Crippen LogP contribution in [0.15, 0.2) is 9.95 Å². The van der Waals surface area contributed by atoms with Crippen molar-refractivity contribution in [3.8, 4) is 0 Å². The van der Waals surface area contributed by atoms with Crippen molar-refractivity contribution in [1.82, 2.24) is 14.9 Å². The van der Waals surface area contributed by atoms with Crippen LogP contribution in [0.3, 0.4) is 0 Å². The number of thioether (sulfide) groups is 1. The van der Waals surface area contributed by atoms with E-state index < -0.39 is 0 Å². The van der Waals surface area contributed by atoms with Crippen molar-refractivity contribution in [1.29, 1.82) is 0 Å². The van der Waals surface area contributed by atoms with Crippen LogP contribution in [0.1, 0.15) is 50.3 Å². The van der Waals surface area contributed by atoms with E-state index in [-0.39, 0.29) is 11.5 Å². The van der Waals surface area contributed by atoms with Gasteiger partial charge in [0.25, 0.3) is 5.56 Å². The molecule has 1 fully saturated rings. The van der Waals surface area contributed by atoms with Gasteiger partial charge in [-0.05, 0) is 45.3 Å². The van der Waals surface area contributed by atoms with Gasteiger partial charge in [0.15, 0.2) is 5.16 Å². The molecule has 1 amide bonds.